The molecule has 14 nitrogen and oxygen atoms in total. The summed E-state index contributed by atoms with van der Waals surface area (Å²) < 4.78 is 7.04. The number of aliphatic hydroxyl groups excluding tert-OH is 2. The Hall–Kier alpha value is -4.27. The highest BCUT2D eigenvalue weighted by Crippen LogP contribution is 2.33. The van der Waals surface area contributed by atoms with Gasteiger partial charge in [0, 0.05) is 24.0 Å². The number of benzene rings is 1. The predicted octanol–water partition coefficient (Wildman–Crippen LogP) is -0.688. The van der Waals surface area contributed by atoms with Gasteiger partial charge in [0.05, 0.1) is 18.6 Å². The first-order valence-electron chi connectivity index (χ1n) is 10.5. The van der Waals surface area contributed by atoms with Gasteiger partial charge in [-0.25, -0.2) is 15.0 Å². The van der Waals surface area contributed by atoms with E-state index in [0.717, 1.165) is 4.90 Å². The van der Waals surface area contributed by atoms with Crippen molar-refractivity contribution in [3.63, 3.8) is 0 Å². The van der Waals surface area contributed by atoms with Crippen LogP contribution in [0.3, 0.4) is 0 Å². The number of carbonyl (C=O) groups excluding carboxylic acids is 2. The second kappa shape index (κ2) is 8.50. The van der Waals surface area contributed by atoms with Gasteiger partial charge in [0.15, 0.2) is 29.7 Å². The van der Waals surface area contributed by atoms with Crippen LogP contribution in [0.1, 0.15) is 6.23 Å². The van der Waals surface area contributed by atoms with Crippen molar-refractivity contribution in [2.45, 2.75) is 24.5 Å². The maximum absolute atomic E-state index is 13.0. The molecule has 7 N–H and O–H groups in total. The molecule has 1 aliphatic rings. The van der Waals surface area contributed by atoms with E-state index in [0.29, 0.717) is 16.5 Å². The Labute approximate surface area is 197 Å². The van der Waals surface area contributed by atoms with Gasteiger partial charge in [-0.3, -0.25) is 14.2 Å². The van der Waals surface area contributed by atoms with Gasteiger partial charge in [0.2, 0.25) is 5.91 Å². The molecule has 182 valence electrons. The quantitative estimate of drug-likeness (QED) is 0.211. The number of likely N-dealkylation sites (N-methyl/N-ethyl adjacent to an activating group) is 1. The number of amides is 2. The second-order valence-electron chi connectivity index (χ2n) is 8.16. The molecular formula is C21H22N8O6. The molecule has 1 saturated heterocycles. The maximum atomic E-state index is 13.0. The lowest BCUT2D eigenvalue weighted by Gasteiger charge is -2.22. The molecule has 1 aromatic carbocycles. The summed E-state index contributed by atoms with van der Waals surface area (Å²) in [4.78, 5) is 41.4. The zero-order chi connectivity index (χ0) is 24.9. The Bertz CT molecular complexity index is 1430. The van der Waals surface area contributed by atoms with Gasteiger partial charge < -0.3 is 41.0 Å². The molecule has 3 aromatic heterocycles. The van der Waals surface area contributed by atoms with Crippen molar-refractivity contribution in [3.8, 4) is 5.88 Å². The lowest BCUT2D eigenvalue weighted by Crippen LogP contribution is -2.46. The summed E-state index contributed by atoms with van der Waals surface area (Å²) in [7, 11) is 1.38. The van der Waals surface area contributed by atoms with Crippen molar-refractivity contribution in [2.24, 2.45) is 0 Å². The fraction of sp³-hybridized carbons (Fsp3) is 0.286. The van der Waals surface area contributed by atoms with E-state index in [1.165, 1.54) is 24.3 Å². The molecule has 2 amide bonds. The molecule has 0 bridgehead atoms. The second-order valence-corrected chi connectivity index (χ2v) is 8.16. The normalized spacial score (nSPS) is 22.0. The highest BCUT2D eigenvalue weighted by molar-refractivity contribution is 6.04. The minimum Gasteiger partial charge on any atom is -0.494 e. The van der Waals surface area contributed by atoms with Gasteiger partial charge in [0.25, 0.3) is 5.91 Å². The summed E-state index contributed by atoms with van der Waals surface area (Å²) in [5.41, 5.74) is 6.78. The van der Waals surface area contributed by atoms with E-state index in [1.54, 1.807) is 24.4 Å². The minimum atomic E-state index is -1.56. The van der Waals surface area contributed by atoms with Crippen LogP contribution >= 0.6 is 0 Å². The zero-order valence-corrected chi connectivity index (χ0v) is 18.4. The Morgan fingerprint density at radius 1 is 1.23 bits per heavy atom. The smallest absolute Gasteiger partial charge is 0.254 e. The Morgan fingerprint density at radius 2 is 2.03 bits per heavy atom. The topological polar surface area (TPSA) is 205 Å². The standard InChI is InChI=1S/C21H22N8O6/c1-28(6-12(30)27-11-4-2-3-9-10(11)5-23-19(9)33)20(34)16-14(31)15(32)21(35-16)29-8-26-13-17(22)24-7-25-18(13)29/h2-5,7-8,14-16,21,23,31-33H,6H2,1H3,(H,27,30)(H2,22,24,25). The van der Waals surface area contributed by atoms with E-state index >= 15 is 0 Å². The number of carbonyl (C=O) groups is 2. The number of fused-ring (bicyclic) bond motifs is 2. The van der Waals surface area contributed by atoms with Crippen LogP contribution in [0.15, 0.2) is 37.1 Å². The van der Waals surface area contributed by atoms with Crippen LogP contribution in [0.5, 0.6) is 5.88 Å². The summed E-state index contributed by atoms with van der Waals surface area (Å²) >= 11 is 0. The number of hydrogen-bond acceptors (Lipinski definition) is 10. The number of anilines is 2. The Morgan fingerprint density at radius 3 is 2.83 bits per heavy atom. The molecule has 0 saturated carbocycles. The lowest BCUT2D eigenvalue weighted by molar-refractivity contribution is -0.148. The Kier molecular flexibility index (Phi) is 5.47. The van der Waals surface area contributed by atoms with Crippen LogP contribution in [0, 0.1) is 0 Å². The first-order chi connectivity index (χ1) is 16.8. The largest absolute Gasteiger partial charge is 0.494 e. The fourth-order valence-electron chi connectivity index (χ4n) is 4.10. The van der Waals surface area contributed by atoms with E-state index in [-0.39, 0.29) is 29.4 Å². The van der Waals surface area contributed by atoms with Crippen molar-refractivity contribution >= 4 is 45.3 Å². The van der Waals surface area contributed by atoms with E-state index < -0.39 is 36.4 Å². The van der Waals surface area contributed by atoms with Crippen LogP contribution in [-0.2, 0) is 14.3 Å². The van der Waals surface area contributed by atoms with Crippen LogP contribution in [-0.4, -0.2) is 88.4 Å². The Balaban J connectivity index is 1.28. The van der Waals surface area contributed by atoms with Crippen LogP contribution < -0.4 is 11.1 Å². The van der Waals surface area contributed by atoms with Gasteiger partial charge >= 0.3 is 0 Å². The number of aliphatic hydroxyl groups is 2. The SMILES string of the molecule is CN(CC(=O)Nc1cccc2c(O)[nH]cc12)C(=O)C1OC(n2cnc3c(N)ncnc32)C(O)C1O. The third kappa shape index (κ3) is 3.78. The van der Waals surface area contributed by atoms with E-state index in [1.807, 2.05) is 0 Å². The number of aromatic amines is 1. The number of hydrogen-bond donors (Lipinski definition) is 6. The van der Waals surface area contributed by atoms with Crippen molar-refractivity contribution < 1.29 is 29.6 Å². The fourth-order valence-corrected chi connectivity index (χ4v) is 4.10. The molecule has 4 unspecified atom stereocenters. The average molecular weight is 482 g/mol. The molecule has 1 aliphatic heterocycles. The number of nitrogens with one attached hydrogen (secondary N) is 2. The third-order valence-corrected chi connectivity index (χ3v) is 5.89. The highest BCUT2D eigenvalue weighted by atomic mass is 16.6. The van der Waals surface area contributed by atoms with Crippen molar-refractivity contribution in [3.05, 3.63) is 37.1 Å². The lowest BCUT2D eigenvalue weighted by atomic mass is 10.1. The molecule has 1 fully saturated rings. The number of rotatable bonds is 5. The molecule has 35 heavy (non-hydrogen) atoms. The number of ether oxygens (including phenoxy) is 1. The van der Waals surface area contributed by atoms with Gasteiger partial charge in [-0.05, 0) is 12.1 Å². The number of nitrogens with two attached hydrogens (primary N) is 1. The first kappa shape index (κ1) is 22.5. The molecule has 5 rings (SSSR count). The van der Waals surface area contributed by atoms with Gasteiger partial charge in [-0.1, -0.05) is 6.07 Å². The van der Waals surface area contributed by atoms with E-state index in [4.69, 9.17) is 10.5 Å². The molecule has 4 heterocycles. The van der Waals surface area contributed by atoms with Gasteiger partial charge in [-0.15, -0.1) is 0 Å². The third-order valence-electron chi connectivity index (χ3n) is 5.89. The number of aromatic nitrogens is 5. The van der Waals surface area contributed by atoms with E-state index in [9.17, 15) is 24.9 Å². The average Bonchev–Trinajstić information content (AvgIpc) is 3.51. The summed E-state index contributed by atoms with van der Waals surface area (Å²) in [6.07, 6.45) is -1.55. The van der Waals surface area contributed by atoms with Crippen molar-refractivity contribution in [1.82, 2.24) is 29.4 Å². The van der Waals surface area contributed by atoms with Gasteiger partial charge in [0.1, 0.15) is 24.1 Å². The van der Waals surface area contributed by atoms with Gasteiger partial charge in [-0.2, -0.15) is 0 Å². The number of imidazole rings is 1. The summed E-state index contributed by atoms with van der Waals surface area (Å²) in [6, 6.07) is 5.02. The molecule has 4 aromatic rings. The first-order valence-corrected chi connectivity index (χ1v) is 10.5. The molecule has 4 atom stereocenters. The number of aromatic hydroxyl groups is 1. The van der Waals surface area contributed by atoms with Crippen molar-refractivity contribution in [2.75, 3.05) is 24.6 Å². The number of nitrogen functional groups attached to an aromatic ring is 1. The number of H-pyrrole nitrogens is 1. The summed E-state index contributed by atoms with van der Waals surface area (Å²) in [6.45, 7) is -0.350. The van der Waals surface area contributed by atoms with Crippen LogP contribution in [0.2, 0.25) is 0 Å². The zero-order valence-electron chi connectivity index (χ0n) is 18.4. The molecule has 0 spiro atoms. The molecular weight excluding hydrogens is 460 g/mol. The molecule has 14 heteroatoms. The highest BCUT2D eigenvalue weighted by Gasteiger charge is 2.48. The van der Waals surface area contributed by atoms with Crippen molar-refractivity contribution in [1.29, 1.82) is 0 Å². The molecule has 0 radical (unpaired) electrons. The summed E-state index contributed by atoms with van der Waals surface area (Å²) in [5.74, 6) is -1.11. The number of nitrogens with zero attached hydrogens (tertiary/aromatic N) is 5. The minimum absolute atomic E-state index is 0.0244. The van der Waals surface area contributed by atoms with Crippen LogP contribution in [0.4, 0.5) is 11.5 Å². The monoisotopic (exact) mass is 482 g/mol. The predicted molar refractivity (Wildman–Crippen MR) is 122 cm³/mol. The van der Waals surface area contributed by atoms with E-state index in [2.05, 4.69) is 25.3 Å². The van der Waals surface area contributed by atoms with Crippen LogP contribution in [0.25, 0.3) is 21.9 Å². The maximum Gasteiger partial charge on any atom is 0.254 e. The molecule has 0 aliphatic carbocycles. The summed E-state index contributed by atoms with van der Waals surface area (Å²) in [5, 5.41) is 34.7.